The van der Waals surface area contributed by atoms with Crippen LogP contribution < -0.4 is 5.32 Å². The lowest BCUT2D eigenvalue weighted by Crippen LogP contribution is -2.26. The molecule has 92 valence electrons. The zero-order valence-corrected chi connectivity index (χ0v) is 11.3. The van der Waals surface area contributed by atoms with Gasteiger partial charge in [-0.3, -0.25) is 0 Å². The smallest absolute Gasteiger partial charge is 0.127 e. The Morgan fingerprint density at radius 1 is 1.44 bits per heavy atom. The fourth-order valence-electron chi connectivity index (χ4n) is 1.66. The molecular formula is C14H15N3S. The van der Waals surface area contributed by atoms with Gasteiger partial charge in [0.15, 0.2) is 0 Å². The van der Waals surface area contributed by atoms with Gasteiger partial charge in [-0.05, 0) is 23.6 Å². The molecule has 2 aromatic rings. The molecule has 0 spiro atoms. The van der Waals surface area contributed by atoms with E-state index < -0.39 is 0 Å². The molecule has 0 atom stereocenters. The molecule has 0 aliphatic carbocycles. The van der Waals surface area contributed by atoms with Crippen molar-refractivity contribution in [2.24, 2.45) is 0 Å². The van der Waals surface area contributed by atoms with E-state index in [1.807, 2.05) is 0 Å². The summed E-state index contributed by atoms with van der Waals surface area (Å²) in [4.78, 5) is 5.55. The molecule has 18 heavy (non-hydrogen) atoms. The Bertz CT molecular complexity index is 553. The van der Waals surface area contributed by atoms with Crippen LogP contribution in [0.25, 0.3) is 0 Å². The van der Waals surface area contributed by atoms with Gasteiger partial charge in [0.1, 0.15) is 5.82 Å². The molecule has 0 radical (unpaired) electrons. The lowest BCUT2D eigenvalue weighted by molar-refractivity contribution is 0.568. The first-order valence-electron chi connectivity index (χ1n) is 5.76. The summed E-state index contributed by atoms with van der Waals surface area (Å²) in [7, 11) is 0. The summed E-state index contributed by atoms with van der Waals surface area (Å²) in [5.74, 6) is 0.749. The van der Waals surface area contributed by atoms with E-state index in [0.29, 0.717) is 5.56 Å². The molecule has 1 N–H and O–H groups in total. The topological polar surface area (TPSA) is 48.7 Å². The number of thiophene rings is 1. The number of nitrogens with one attached hydrogen (secondary N) is 1. The van der Waals surface area contributed by atoms with Crippen molar-refractivity contribution in [1.82, 2.24) is 4.98 Å². The molecule has 4 heteroatoms. The van der Waals surface area contributed by atoms with Gasteiger partial charge in [-0.25, -0.2) is 4.98 Å². The van der Waals surface area contributed by atoms with E-state index in [9.17, 15) is 0 Å². The van der Waals surface area contributed by atoms with Crippen LogP contribution in [0.5, 0.6) is 0 Å². The number of anilines is 1. The third-order valence-corrected chi connectivity index (χ3v) is 4.02. The molecule has 2 rings (SSSR count). The molecule has 2 aromatic heterocycles. The molecular weight excluding hydrogens is 242 g/mol. The summed E-state index contributed by atoms with van der Waals surface area (Å²) >= 11 is 1.76. The van der Waals surface area contributed by atoms with Gasteiger partial charge in [-0.1, -0.05) is 19.9 Å². The second-order valence-electron chi connectivity index (χ2n) is 4.76. The molecule has 0 aromatic carbocycles. The second-order valence-corrected chi connectivity index (χ2v) is 5.70. The fourth-order valence-corrected chi connectivity index (χ4v) is 2.51. The van der Waals surface area contributed by atoms with Crippen LogP contribution in [0.3, 0.4) is 0 Å². The van der Waals surface area contributed by atoms with Crippen molar-refractivity contribution in [2.45, 2.75) is 19.3 Å². The van der Waals surface area contributed by atoms with Crippen LogP contribution >= 0.6 is 11.3 Å². The van der Waals surface area contributed by atoms with Crippen LogP contribution in [0.15, 0.2) is 35.8 Å². The Balaban J connectivity index is 2.05. The van der Waals surface area contributed by atoms with Gasteiger partial charge >= 0.3 is 0 Å². The fraction of sp³-hybridized carbons (Fsp3) is 0.286. The van der Waals surface area contributed by atoms with Crippen molar-refractivity contribution in [1.29, 1.82) is 5.26 Å². The van der Waals surface area contributed by atoms with Crippen molar-refractivity contribution in [3.63, 3.8) is 0 Å². The minimum absolute atomic E-state index is 0.0541. The first kappa shape index (κ1) is 12.6. The highest BCUT2D eigenvalue weighted by molar-refractivity contribution is 7.10. The number of rotatable bonds is 4. The predicted molar refractivity (Wildman–Crippen MR) is 74.8 cm³/mol. The number of pyridine rings is 1. The minimum Gasteiger partial charge on any atom is -0.369 e. The van der Waals surface area contributed by atoms with Gasteiger partial charge < -0.3 is 5.32 Å². The molecule has 0 fully saturated rings. The van der Waals surface area contributed by atoms with E-state index in [0.717, 1.165) is 12.4 Å². The zero-order valence-electron chi connectivity index (χ0n) is 10.5. The number of nitriles is 1. The van der Waals surface area contributed by atoms with Crippen LogP contribution in [-0.4, -0.2) is 11.5 Å². The molecule has 2 heterocycles. The van der Waals surface area contributed by atoms with Crippen molar-refractivity contribution in [2.75, 3.05) is 11.9 Å². The summed E-state index contributed by atoms with van der Waals surface area (Å²) in [6.07, 6.45) is 1.65. The minimum atomic E-state index is 0.0541. The summed E-state index contributed by atoms with van der Waals surface area (Å²) in [5, 5.41) is 14.2. The highest BCUT2D eigenvalue weighted by atomic mass is 32.1. The van der Waals surface area contributed by atoms with E-state index in [4.69, 9.17) is 5.26 Å². The third kappa shape index (κ3) is 2.88. The quantitative estimate of drug-likeness (QED) is 0.913. The Hall–Kier alpha value is -1.86. The SMILES string of the molecule is CC(C)(CNc1cc(C#N)ccn1)c1cccs1. The first-order valence-corrected chi connectivity index (χ1v) is 6.64. The van der Waals surface area contributed by atoms with Crippen LogP contribution in [-0.2, 0) is 5.41 Å². The normalized spacial score (nSPS) is 10.9. The first-order chi connectivity index (χ1) is 8.62. The lowest BCUT2D eigenvalue weighted by Gasteiger charge is -2.23. The standard InChI is InChI=1S/C14H15N3S/c1-14(2,12-4-3-7-18-12)10-17-13-8-11(9-15)5-6-16-13/h3-8H,10H2,1-2H3,(H,16,17). The lowest BCUT2D eigenvalue weighted by atomic mass is 9.91. The van der Waals surface area contributed by atoms with Crippen LogP contribution in [0.2, 0.25) is 0 Å². The van der Waals surface area contributed by atoms with E-state index >= 15 is 0 Å². The molecule has 3 nitrogen and oxygen atoms in total. The highest BCUT2D eigenvalue weighted by Gasteiger charge is 2.21. The Kier molecular flexibility index (Phi) is 3.63. The predicted octanol–water partition coefficient (Wildman–Crippen LogP) is 3.40. The maximum absolute atomic E-state index is 8.84. The summed E-state index contributed by atoms with van der Waals surface area (Å²) in [6.45, 7) is 5.18. The average Bonchev–Trinajstić information content (AvgIpc) is 2.91. The summed E-state index contributed by atoms with van der Waals surface area (Å²) in [6, 6.07) is 9.80. The van der Waals surface area contributed by atoms with Gasteiger partial charge in [-0.2, -0.15) is 5.26 Å². The van der Waals surface area contributed by atoms with E-state index in [1.54, 1.807) is 29.7 Å². The van der Waals surface area contributed by atoms with Crippen molar-refractivity contribution in [3.05, 3.63) is 46.3 Å². The monoisotopic (exact) mass is 257 g/mol. The molecule has 0 bridgehead atoms. The Morgan fingerprint density at radius 3 is 2.94 bits per heavy atom. The van der Waals surface area contributed by atoms with E-state index in [1.165, 1.54) is 4.88 Å². The van der Waals surface area contributed by atoms with Crippen molar-refractivity contribution >= 4 is 17.2 Å². The van der Waals surface area contributed by atoms with Gasteiger partial charge in [0.25, 0.3) is 0 Å². The van der Waals surface area contributed by atoms with Crippen LogP contribution in [0.1, 0.15) is 24.3 Å². The maximum Gasteiger partial charge on any atom is 0.127 e. The third-order valence-electron chi connectivity index (χ3n) is 2.79. The summed E-state index contributed by atoms with van der Waals surface area (Å²) in [5.41, 5.74) is 0.680. The molecule has 0 saturated carbocycles. The Labute approximate surface area is 111 Å². The summed E-state index contributed by atoms with van der Waals surface area (Å²) < 4.78 is 0. The number of hydrogen-bond acceptors (Lipinski definition) is 4. The van der Waals surface area contributed by atoms with E-state index in [-0.39, 0.29) is 5.41 Å². The van der Waals surface area contributed by atoms with Crippen LogP contribution in [0.4, 0.5) is 5.82 Å². The highest BCUT2D eigenvalue weighted by Crippen LogP contribution is 2.27. The van der Waals surface area contributed by atoms with Gasteiger partial charge in [0.05, 0.1) is 11.6 Å². The molecule has 0 saturated heterocycles. The van der Waals surface area contributed by atoms with Crippen molar-refractivity contribution in [3.8, 4) is 6.07 Å². The average molecular weight is 257 g/mol. The molecule has 0 amide bonds. The molecule has 0 aliphatic heterocycles. The molecule has 0 aliphatic rings. The van der Waals surface area contributed by atoms with Crippen molar-refractivity contribution < 1.29 is 0 Å². The van der Waals surface area contributed by atoms with E-state index in [2.05, 4.69) is 47.7 Å². The Morgan fingerprint density at radius 2 is 2.28 bits per heavy atom. The maximum atomic E-state index is 8.84. The number of hydrogen-bond donors (Lipinski definition) is 1. The number of aromatic nitrogens is 1. The van der Waals surface area contributed by atoms with Gasteiger partial charge in [0.2, 0.25) is 0 Å². The molecule has 0 unspecified atom stereocenters. The van der Waals surface area contributed by atoms with Crippen LogP contribution in [0, 0.1) is 11.3 Å². The largest absolute Gasteiger partial charge is 0.369 e. The zero-order chi connectivity index (χ0) is 13.0. The number of nitrogens with zero attached hydrogens (tertiary/aromatic N) is 2. The second kappa shape index (κ2) is 5.19. The van der Waals surface area contributed by atoms with Gasteiger partial charge in [-0.15, -0.1) is 11.3 Å². The van der Waals surface area contributed by atoms with Gasteiger partial charge in [0, 0.05) is 23.0 Å².